The van der Waals surface area contributed by atoms with Gasteiger partial charge in [-0.15, -0.1) is 0 Å². The highest BCUT2D eigenvalue weighted by Crippen LogP contribution is 2.22. The Kier molecular flexibility index (Phi) is 4.44. The fourth-order valence-electron chi connectivity index (χ4n) is 1.70. The molecule has 4 heteroatoms. The largest absolute Gasteiger partial charge is 0.304 e. The third kappa shape index (κ3) is 3.37. The van der Waals surface area contributed by atoms with Gasteiger partial charge in [-0.1, -0.05) is 34.1 Å². The molecule has 1 unspecified atom stereocenters. The molecule has 0 radical (unpaired) electrons. The smallest absolute Gasteiger partial charge is 0.0724 e. The average Bonchev–Trinajstić information content (AvgIpc) is 2.38. The van der Waals surface area contributed by atoms with E-state index in [1.165, 1.54) is 5.56 Å². The van der Waals surface area contributed by atoms with Gasteiger partial charge in [0.05, 0.1) is 11.4 Å². The zero-order valence-electron chi connectivity index (χ0n) is 10.5. The van der Waals surface area contributed by atoms with Crippen LogP contribution in [0.4, 0.5) is 0 Å². The molecule has 0 spiro atoms. The maximum atomic E-state index is 4.33. The second-order valence-corrected chi connectivity index (χ2v) is 5.13. The first-order chi connectivity index (χ1) is 8.66. The average molecular weight is 306 g/mol. The van der Waals surface area contributed by atoms with Crippen LogP contribution in [-0.2, 0) is 6.54 Å². The molecule has 0 aliphatic carbocycles. The number of rotatable bonds is 4. The Hall–Kier alpha value is -1.26. The van der Waals surface area contributed by atoms with Gasteiger partial charge in [0.2, 0.25) is 0 Å². The van der Waals surface area contributed by atoms with Gasteiger partial charge in [0.1, 0.15) is 0 Å². The Morgan fingerprint density at radius 1 is 1.22 bits per heavy atom. The minimum absolute atomic E-state index is 0.267. The Labute approximate surface area is 116 Å². The molecule has 0 fully saturated rings. The van der Waals surface area contributed by atoms with Crippen molar-refractivity contribution in [2.24, 2.45) is 0 Å². The molecule has 0 saturated carbocycles. The lowest BCUT2D eigenvalue weighted by Crippen LogP contribution is -2.19. The molecule has 3 nitrogen and oxygen atoms in total. The summed E-state index contributed by atoms with van der Waals surface area (Å²) in [6.07, 6.45) is 3.61. The van der Waals surface area contributed by atoms with E-state index >= 15 is 0 Å². The normalized spacial score (nSPS) is 12.4. The van der Waals surface area contributed by atoms with Crippen LogP contribution in [0.15, 0.2) is 41.1 Å². The van der Waals surface area contributed by atoms with Gasteiger partial charge in [-0.05, 0) is 25.5 Å². The summed E-state index contributed by atoms with van der Waals surface area (Å²) in [5.74, 6) is 0. The second kappa shape index (κ2) is 6.07. The van der Waals surface area contributed by atoms with Gasteiger partial charge < -0.3 is 5.32 Å². The van der Waals surface area contributed by atoms with Crippen molar-refractivity contribution in [3.05, 3.63) is 58.1 Å². The van der Waals surface area contributed by atoms with Crippen molar-refractivity contribution in [2.75, 3.05) is 0 Å². The summed E-state index contributed by atoms with van der Waals surface area (Å²) < 4.78 is 1.12. The maximum absolute atomic E-state index is 4.33. The van der Waals surface area contributed by atoms with E-state index in [1.807, 2.05) is 25.3 Å². The van der Waals surface area contributed by atoms with Gasteiger partial charge in [0.25, 0.3) is 0 Å². The van der Waals surface area contributed by atoms with Crippen LogP contribution >= 0.6 is 15.9 Å². The summed E-state index contributed by atoms with van der Waals surface area (Å²) in [6, 6.07) is 8.50. The highest BCUT2D eigenvalue weighted by atomic mass is 79.9. The van der Waals surface area contributed by atoms with E-state index in [0.29, 0.717) is 0 Å². The first-order valence-electron chi connectivity index (χ1n) is 5.92. The summed E-state index contributed by atoms with van der Waals surface area (Å²) in [5, 5.41) is 3.44. The van der Waals surface area contributed by atoms with Crippen LogP contribution in [0.5, 0.6) is 0 Å². The van der Waals surface area contributed by atoms with Crippen LogP contribution in [0.3, 0.4) is 0 Å². The predicted octanol–water partition coefficient (Wildman–Crippen LogP) is 3.40. The van der Waals surface area contributed by atoms with E-state index in [-0.39, 0.29) is 6.04 Å². The summed E-state index contributed by atoms with van der Waals surface area (Å²) in [4.78, 5) is 8.57. The van der Waals surface area contributed by atoms with Crippen molar-refractivity contribution in [1.29, 1.82) is 0 Å². The standard InChI is InChI=1S/C14H16BrN3/c1-10-7-18-12(8-16-10)9-17-11(2)13-5-3-4-6-14(13)15/h3-8,11,17H,9H2,1-2H3. The molecule has 1 N–H and O–H groups in total. The highest BCUT2D eigenvalue weighted by Gasteiger charge is 2.08. The molecular weight excluding hydrogens is 290 g/mol. The number of nitrogens with one attached hydrogen (secondary N) is 1. The van der Waals surface area contributed by atoms with E-state index < -0.39 is 0 Å². The number of aromatic nitrogens is 2. The minimum atomic E-state index is 0.267. The van der Waals surface area contributed by atoms with E-state index in [2.05, 4.69) is 50.3 Å². The number of benzene rings is 1. The first-order valence-corrected chi connectivity index (χ1v) is 6.71. The van der Waals surface area contributed by atoms with Gasteiger partial charge in [-0.25, -0.2) is 0 Å². The molecule has 1 heterocycles. The summed E-state index contributed by atoms with van der Waals surface area (Å²) >= 11 is 3.56. The van der Waals surface area contributed by atoms with Gasteiger partial charge in [0, 0.05) is 29.5 Å². The van der Waals surface area contributed by atoms with Crippen LogP contribution in [0.25, 0.3) is 0 Å². The number of nitrogens with zero attached hydrogens (tertiary/aromatic N) is 2. The summed E-state index contributed by atoms with van der Waals surface area (Å²) in [7, 11) is 0. The van der Waals surface area contributed by atoms with E-state index in [9.17, 15) is 0 Å². The maximum Gasteiger partial charge on any atom is 0.0724 e. The van der Waals surface area contributed by atoms with Crippen molar-refractivity contribution in [1.82, 2.24) is 15.3 Å². The van der Waals surface area contributed by atoms with Crippen LogP contribution in [0.1, 0.15) is 29.9 Å². The van der Waals surface area contributed by atoms with Gasteiger partial charge >= 0.3 is 0 Å². The minimum Gasteiger partial charge on any atom is -0.304 e. The first kappa shape index (κ1) is 13.2. The highest BCUT2D eigenvalue weighted by molar-refractivity contribution is 9.10. The van der Waals surface area contributed by atoms with Crippen molar-refractivity contribution in [3.63, 3.8) is 0 Å². The molecule has 0 bridgehead atoms. The number of halogens is 1. The SMILES string of the molecule is Cc1cnc(CNC(C)c2ccccc2Br)cn1. The van der Waals surface area contributed by atoms with Crippen molar-refractivity contribution in [2.45, 2.75) is 26.4 Å². The van der Waals surface area contributed by atoms with Crippen molar-refractivity contribution in [3.8, 4) is 0 Å². The van der Waals surface area contributed by atoms with Crippen LogP contribution in [0.2, 0.25) is 0 Å². The quantitative estimate of drug-likeness (QED) is 0.941. The molecule has 1 aromatic heterocycles. The Morgan fingerprint density at radius 3 is 2.67 bits per heavy atom. The Balaban J connectivity index is 1.98. The predicted molar refractivity (Wildman–Crippen MR) is 76.2 cm³/mol. The molecule has 1 atom stereocenters. The van der Waals surface area contributed by atoms with E-state index in [4.69, 9.17) is 0 Å². The monoisotopic (exact) mass is 305 g/mol. The van der Waals surface area contributed by atoms with E-state index in [1.54, 1.807) is 6.20 Å². The Bertz CT molecular complexity index is 511. The number of hydrogen-bond acceptors (Lipinski definition) is 3. The molecule has 1 aromatic carbocycles. The van der Waals surface area contributed by atoms with E-state index in [0.717, 1.165) is 22.4 Å². The topological polar surface area (TPSA) is 37.8 Å². The Morgan fingerprint density at radius 2 is 2.00 bits per heavy atom. The van der Waals surface area contributed by atoms with Crippen LogP contribution in [0, 0.1) is 6.92 Å². The summed E-state index contributed by atoms with van der Waals surface area (Å²) in [5.41, 5.74) is 3.15. The molecule has 2 rings (SSSR count). The second-order valence-electron chi connectivity index (χ2n) is 4.27. The van der Waals surface area contributed by atoms with Gasteiger partial charge in [0.15, 0.2) is 0 Å². The molecule has 18 heavy (non-hydrogen) atoms. The zero-order chi connectivity index (χ0) is 13.0. The lowest BCUT2D eigenvalue weighted by Gasteiger charge is -2.15. The lowest BCUT2D eigenvalue weighted by atomic mass is 10.1. The van der Waals surface area contributed by atoms with Crippen LogP contribution < -0.4 is 5.32 Å². The fourth-order valence-corrected chi connectivity index (χ4v) is 2.33. The van der Waals surface area contributed by atoms with Crippen molar-refractivity contribution < 1.29 is 0 Å². The zero-order valence-corrected chi connectivity index (χ0v) is 12.1. The number of aryl methyl sites for hydroxylation is 1. The molecule has 0 aliphatic rings. The third-order valence-electron chi connectivity index (χ3n) is 2.80. The summed E-state index contributed by atoms with van der Waals surface area (Å²) in [6.45, 7) is 4.80. The molecule has 0 saturated heterocycles. The van der Waals surface area contributed by atoms with Gasteiger partial charge in [-0.3, -0.25) is 9.97 Å². The van der Waals surface area contributed by atoms with Crippen molar-refractivity contribution >= 4 is 15.9 Å². The molecule has 2 aromatic rings. The van der Waals surface area contributed by atoms with Crippen LogP contribution in [-0.4, -0.2) is 9.97 Å². The molecule has 94 valence electrons. The third-order valence-corrected chi connectivity index (χ3v) is 3.52. The number of hydrogen-bond donors (Lipinski definition) is 1. The fraction of sp³-hybridized carbons (Fsp3) is 0.286. The lowest BCUT2D eigenvalue weighted by molar-refractivity contribution is 0.564. The molecule has 0 aliphatic heterocycles. The molecular formula is C14H16BrN3. The molecule has 0 amide bonds. The van der Waals surface area contributed by atoms with Gasteiger partial charge in [-0.2, -0.15) is 0 Å².